The van der Waals surface area contributed by atoms with Gasteiger partial charge in [-0.1, -0.05) is 146 Å². The van der Waals surface area contributed by atoms with Crippen LogP contribution in [-0.2, 0) is 16.5 Å². The maximum atomic E-state index is 7.19. The Morgan fingerprint density at radius 1 is 0.339 bits per heavy atom. The Morgan fingerprint density at radius 2 is 0.571 bits per heavy atom. The van der Waals surface area contributed by atoms with Gasteiger partial charge in [-0.25, -0.2) is 0 Å². The van der Waals surface area contributed by atoms with Crippen molar-refractivity contribution < 1.29 is 16.5 Å². The molecule has 0 saturated heterocycles. The minimum absolute atomic E-state index is 0. The molecule has 0 unspecified atom stereocenters. The van der Waals surface area contributed by atoms with Gasteiger partial charge in [0.15, 0.2) is 0 Å². The number of hydrogen-bond donors (Lipinski definition) is 0. The van der Waals surface area contributed by atoms with E-state index in [1.807, 2.05) is 36.4 Å². The molecule has 0 atom stereocenters. The minimum atomic E-state index is -2.50. The van der Waals surface area contributed by atoms with Crippen LogP contribution in [0.5, 0.6) is 0 Å². The summed E-state index contributed by atoms with van der Waals surface area (Å²) in [6, 6.07) is 80.4. The van der Waals surface area contributed by atoms with Gasteiger partial charge in [0.1, 0.15) is 23.0 Å². The fraction of sp³-hybridized carbons (Fsp3) is 0. The second-order valence-electron chi connectivity index (χ2n) is 12.4. The number of benzene rings is 8. The molecule has 8 heteroatoms. The summed E-state index contributed by atoms with van der Waals surface area (Å²) in [5, 5.41) is 7.55. The van der Waals surface area contributed by atoms with E-state index in [9.17, 15) is 0 Å². The number of rotatable bonds is 7. The normalized spacial score (nSPS) is 10.6. The van der Waals surface area contributed by atoms with Crippen LogP contribution in [-0.4, -0.2) is 32.0 Å². The molecule has 0 aliphatic rings. The third-order valence-electron chi connectivity index (χ3n) is 8.82. The minimum Gasteiger partial charge on any atom is -0.121 e. The Bertz CT molecular complexity index is 2140. The number of nitrogens with one attached hydrogen (secondary N) is 2. The van der Waals surface area contributed by atoms with Crippen LogP contribution >= 0.6 is 14.5 Å². The van der Waals surface area contributed by atoms with Crippen molar-refractivity contribution in [1.29, 1.82) is 0 Å². The quantitative estimate of drug-likeness (QED) is 0.113. The van der Waals surface area contributed by atoms with Crippen LogP contribution in [0.4, 0.5) is 11.4 Å². The van der Waals surface area contributed by atoms with E-state index in [2.05, 4.69) is 214 Å². The monoisotopic (exact) mass is 938 g/mol. The molecule has 8 aromatic rings. The van der Waals surface area contributed by atoms with Crippen molar-refractivity contribution in [3.63, 3.8) is 0 Å². The molecule has 0 aliphatic carbocycles. The molecule has 0 saturated carbocycles. The first-order valence-corrected chi connectivity index (χ1v) is 23.0. The van der Waals surface area contributed by atoms with Crippen LogP contribution in [0.25, 0.3) is 11.5 Å². The van der Waals surface area contributed by atoms with E-state index in [1.165, 1.54) is 31.8 Å². The Kier molecular flexibility index (Phi) is 16.1. The maximum absolute atomic E-state index is 7.19. The summed E-state index contributed by atoms with van der Waals surface area (Å²) in [7, 11) is -4.99. The first kappa shape index (κ1) is 42.7. The molecule has 0 aliphatic heterocycles. The summed E-state index contributed by atoms with van der Waals surface area (Å²) in [6.45, 7) is 0. The maximum Gasteiger partial charge on any atom is 3.00 e. The molecule has 8 aromatic carbocycles. The Labute approximate surface area is 359 Å². The van der Waals surface area contributed by atoms with Crippen molar-refractivity contribution >= 4 is 98.6 Å². The standard InChI is InChI=1S/C36H30NP2.2C6H6NSe.Ni/c1-7-19-31(20-8-1)38(32-21-9-2-10-22-32,33-23-11-3-12-24-33)37-39(34-25-13-4-14-26-34,35-27-15-5-16-28-35)36-29-17-6-18-30-36;2*7-5-3-1-2-4-6(5)8;/h1-30H;2*1-4,7-8H;/q+1;2*-1;+3/p-2. The summed E-state index contributed by atoms with van der Waals surface area (Å²) in [6.07, 6.45) is 0. The molecule has 3 nitrogen and oxygen atoms in total. The van der Waals surface area contributed by atoms with Crippen LogP contribution in [0, 0.1) is 0 Å². The van der Waals surface area contributed by atoms with Gasteiger partial charge in [0.25, 0.3) is 0 Å². The third-order valence-corrected chi connectivity index (χ3v) is 18.7. The molecule has 2 N–H and O–H groups in total. The number of hydrogen-bond acceptors (Lipinski definition) is 1. The SMILES string of the molecule is [NH-]c1ccccc1[Se-].[NH-]c1ccccc1[Se-].[Ni+3].c1ccc(P(=N[P+](c2ccccc2)(c2ccccc2)c2ccccc2)(c2ccccc2)c2ccccc2)cc1. The largest absolute Gasteiger partial charge is 3.00 e. The predicted octanol–water partition coefficient (Wildman–Crippen LogP) is 9.40. The van der Waals surface area contributed by atoms with Gasteiger partial charge in [-0.05, 0) is 36.4 Å². The molecule has 8 rings (SSSR count). The van der Waals surface area contributed by atoms with Gasteiger partial charge in [0, 0.05) is 15.9 Å². The van der Waals surface area contributed by atoms with E-state index >= 15 is 0 Å². The van der Waals surface area contributed by atoms with Crippen LogP contribution in [0.1, 0.15) is 0 Å². The first-order chi connectivity index (χ1) is 26.9. The van der Waals surface area contributed by atoms with E-state index in [4.69, 9.17) is 16.0 Å². The molecule has 0 aromatic heterocycles. The molecular formula is C48H40N3NiP2Se2. The zero-order valence-electron chi connectivity index (χ0n) is 30.4. The van der Waals surface area contributed by atoms with Crippen molar-refractivity contribution in [3.8, 4) is 0 Å². The van der Waals surface area contributed by atoms with E-state index < -0.39 is 14.5 Å². The van der Waals surface area contributed by atoms with E-state index in [0.717, 1.165) is 8.92 Å². The van der Waals surface area contributed by atoms with Crippen molar-refractivity contribution in [1.82, 2.24) is 0 Å². The number of nitrogens with zero attached hydrogens (tertiary/aromatic N) is 1. The van der Waals surface area contributed by atoms with Crippen molar-refractivity contribution in [2.75, 3.05) is 0 Å². The molecule has 0 fully saturated rings. The molecular weight excluding hydrogens is 897 g/mol. The summed E-state index contributed by atoms with van der Waals surface area (Å²) in [4.78, 5) is 0. The molecule has 1 radical (unpaired) electrons. The Balaban J connectivity index is 0.000000292. The topological polar surface area (TPSA) is 60.0 Å². The molecule has 279 valence electrons. The average Bonchev–Trinajstić information content (AvgIpc) is 3.26. The zero-order chi connectivity index (χ0) is 38.4. The van der Waals surface area contributed by atoms with Crippen molar-refractivity contribution in [2.45, 2.75) is 0 Å². The van der Waals surface area contributed by atoms with Crippen molar-refractivity contribution in [2.24, 2.45) is 4.52 Å². The first-order valence-electron chi connectivity index (χ1n) is 17.8. The predicted molar refractivity (Wildman–Crippen MR) is 244 cm³/mol. The Morgan fingerprint density at radius 3 is 0.804 bits per heavy atom. The van der Waals surface area contributed by atoms with Crippen molar-refractivity contribution in [3.05, 3.63) is 242 Å². The fourth-order valence-corrected chi connectivity index (χ4v) is 16.3. The Hall–Kier alpha value is -4.45. The van der Waals surface area contributed by atoms with Gasteiger partial charge in [-0.15, -0.1) is 4.52 Å². The molecule has 0 bridgehead atoms. The van der Waals surface area contributed by atoms with Crippen LogP contribution in [0.15, 0.2) is 235 Å². The summed E-state index contributed by atoms with van der Waals surface area (Å²) in [5.41, 5.74) is 15.5. The summed E-state index contributed by atoms with van der Waals surface area (Å²) < 4.78 is 8.20. The van der Waals surface area contributed by atoms with Gasteiger partial charge in [-0.2, -0.15) is 0 Å². The van der Waals surface area contributed by atoms with Gasteiger partial charge < -0.3 is 0 Å². The smallest absolute Gasteiger partial charge is 0.121 e. The van der Waals surface area contributed by atoms with Crippen LogP contribution in [0.2, 0.25) is 0 Å². The molecule has 0 amide bonds. The zero-order valence-corrected chi connectivity index (χ0v) is 36.6. The average molecular weight is 937 g/mol. The van der Waals surface area contributed by atoms with E-state index in [1.54, 1.807) is 12.1 Å². The third kappa shape index (κ3) is 10.1. The molecule has 0 heterocycles. The molecule has 56 heavy (non-hydrogen) atoms. The van der Waals surface area contributed by atoms with Gasteiger partial charge in [0.05, 0.1) is 0 Å². The van der Waals surface area contributed by atoms with E-state index in [0.29, 0.717) is 11.4 Å². The van der Waals surface area contributed by atoms with E-state index in [-0.39, 0.29) is 16.5 Å². The summed E-state index contributed by atoms with van der Waals surface area (Å²) in [5.74, 6) is 0. The van der Waals surface area contributed by atoms with Gasteiger partial charge >= 0.3 is 129 Å². The van der Waals surface area contributed by atoms with Crippen LogP contribution < -0.4 is 40.8 Å². The van der Waals surface area contributed by atoms with Gasteiger partial charge in [-0.3, -0.25) is 0 Å². The summed E-state index contributed by atoms with van der Waals surface area (Å²) >= 11 is 5.57. The molecule has 0 spiro atoms. The second kappa shape index (κ2) is 21.2. The fourth-order valence-electron chi connectivity index (χ4n) is 6.20. The second-order valence-corrected chi connectivity index (χ2v) is 20.6. The van der Waals surface area contributed by atoms with Crippen LogP contribution in [0.3, 0.4) is 0 Å². The van der Waals surface area contributed by atoms with Gasteiger partial charge in [0.2, 0.25) is 7.41 Å².